The van der Waals surface area contributed by atoms with Crippen molar-refractivity contribution < 1.29 is 8.42 Å². The minimum Gasteiger partial charge on any atom is -0.305 e. The van der Waals surface area contributed by atoms with E-state index in [2.05, 4.69) is 9.62 Å². The predicted molar refractivity (Wildman–Crippen MR) is 85.8 cm³/mol. The summed E-state index contributed by atoms with van der Waals surface area (Å²) in [6.45, 7) is 2.75. The van der Waals surface area contributed by atoms with Crippen LogP contribution in [0.25, 0.3) is 0 Å². The van der Waals surface area contributed by atoms with Crippen LogP contribution in [0.4, 0.5) is 5.69 Å². The van der Waals surface area contributed by atoms with Gasteiger partial charge in [-0.15, -0.1) is 0 Å². The highest BCUT2D eigenvalue weighted by atomic mass is 32.2. The van der Waals surface area contributed by atoms with Crippen molar-refractivity contribution in [1.29, 1.82) is 0 Å². The highest BCUT2D eigenvalue weighted by Gasteiger charge is 2.13. The maximum Gasteiger partial charge on any atom is 0.261 e. The van der Waals surface area contributed by atoms with Crippen LogP contribution >= 0.6 is 0 Å². The van der Waals surface area contributed by atoms with Gasteiger partial charge in [-0.1, -0.05) is 29.8 Å². The third kappa shape index (κ3) is 4.31. The van der Waals surface area contributed by atoms with Gasteiger partial charge >= 0.3 is 0 Å². The monoisotopic (exact) mass is 304 g/mol. The van der Waals surface area contributed by atoms with E-state index in [0.29, 0.717) is 5.69 Å². The van der Waals surface area contributed by atoms with Crippen molar-refractivity contribution in [2.24, 2.45) is 0 Å². The molecule has 0 saturated carbocycles. The zero-order valence-corrected chi connectivity index (χ0v) is 13.3. The Labute approximate surface area is 126 Å². The molecule has 0 bridgehead atoms. The Hall–Kier alpha value is -1.85. The number of nitrogens with one attached hydrogen (secondary N) is 1. The molecule has 0 fully saturated rings. The first-order valence-electron chi connectivity index (χ1n) is 6.70. The highest BCUT2D eigenvalue weighted by Crippen LogP contribution is 2.17. The van der Waals surface area contributed by atoms with Crippen LogP contribution < -0.4 is 4.72 Å². The summed E-state index contributed by atoms with van der Waals surface area (Å²) in [5, 5.41) is 0. The first-order valence-corrected chi connectivity index (χ1v) is 8.18. The molecule has 1 N–H and O–H groups in total. The third-order valence-electron chi connectivity index (χ3n) is 3.04. The van der Waals surface area contributed by atoms with E-state index in [1.165, 1.54) is 0 Å². The maximum atomic E-state index is 12.3. The number of hydrogen-bond acceptors (Lipinski definition) is 3. The van der Waals surface area contributed by atoms with Gasteiger partial charge in [-0.3, -0.25) is 4.72 Å². The van der Waals surface area contributed by atoms with Crippen LogP contribution in [0.15, 0.2) is 53.4 Å². The first kappa shape index (κ1) is 15.5. The zero-order valence-electron chi connectivity index (χ0n) is 12.5. The Morgan fingerprint density at radius 3 is 2.05 bits per heavy atom. The summed E-state index contributed by atoms with van der Waals surface area (Å²) in [4.78, 5) is 2.33. The van der Waals surface area contributed by atoms with Crippen molar-refractivity contribution in [2.75, 3.05) is 18.8 Å². The number of aryl methyl sites for hydroxylation is 1. The zero-order chi connectivity index (χ0) is 15.5. The van der Waals surface area contributed by atoms with E-state index >= 15 is 0 Å². The Morgan fingerprint density at radius 1 is 0.952 bits per heavy atom. The molecule has 0 heterocycles. The van der Waals surface area contributed by atoms with Crippen molar-refractivity contribution >= 4 is 15.7 Å². The van der Waals surface area contributed by atoms with Crippen LogP contribution in [0.3, 0.4) is 0 Å². The van der Waals surface area contributed by atoms with Gasteiger partial charge < -0.3 is 4.90 Å². The number of anilines is 1. The number of sulfonamides is 1. The van der Waals surface area contributed by atoms with E-state index < -0.39 is 10.0 Å². The number of benzene rings is 2. The molecule has 0 aliphatic rings. The molecule has 2 aromatic rings. The largest absolute Gasteiger partial charge is 0.305 e. The maximum absolute atomic E-state index is 12.3. The topological polar surface area (TPSA) is 49.4 Å². The smallest absolute Gasteiger partial charge is 0.261 e. The second-order valence-electron chi connectivity index (χ2n) is 5.35. The van der Waals surface area contributed by atoms with Crippen molar-refractivity contribution in [3.05, 3.63) is 59.7 Å². The van der Waals surface area contributed by atoms with E-state index in [1.807, 2.05) is 33.2 Å². The molecule has 2 aromatic carbocycles. The lowest BCUT2D eigenvalue weighted by molar-refractivity contribution is 0.402. The molecule has 21 heavy (non-hydrogen) atoms. The van der Waals surface area contributed by atoms with Crippen LogP contribution in [0, 0.1) is 6.92 Å². The van der Waals surface area contributed by atoms with E-state index in [-0.39, 0.29) is 4.90 Å². The number of nitrogens with zero attached hydrogens (tertiary/aromatic N) is 1. The van der Waals surface area contributed by atoms with Gasteiger partial charge in [-0.05, 0) is 50.8 Å². The normalized spacial score (nSPS) is 11.6. The molecule has 0 aliphatic carbocycles. The summed E-state index contributed by atoms with van der Waals surface area (Å²) < 4.78 is 27.1. The molecule has 0 aromatic heterocycles. The number of hydrogen-bond donors (Lipinski definition) is 1. The lowest BCUT2D eigenvalue weighted by atomic mass is 10.2. The van der Waals surface area contributed by atoms with Gasteiger partial charge in [0.2, 0.25) is 0 Å². The highest BCUT2D eigenvalue weighted by molar-refractivity contribution is 7.92. The molecule has 5 heteroatoms. The number of rotatable bonds is 5. The van der Waals surface area contributed by atoms with Crippen molar-refractivity contribution in [3.8, 4) is 0 Å². The minimum absolute atomic E-state index is 0.269. The molecule has 0 spiro atoms. The molecule has 2 rings (SSSR count). The molecule has 0 aliphatic heterocycles. The van der Waals surface area contributed by atoms with E-state index in [1.54, 1.807) is 36.4 Å². The summed E-state index contributed by atoms with van der Waals surface area (Å²) in [7, 11) is 0.462. The lowest BCUT2D eigenvalue weighted by Crippen LogP contribution is -2.13. The average Bonchev–Trinajstić information content (AvgIpc) is 2.40. The minimum atomic E-state index is -3.53. The van der Waals surface area contributed by atoms with Gasteiger partial charge in [0.25, 0.3) is 10.0 Å². The molecular formula is C16H20N2O2S. The molecule has 0 unspecified atom stereocenters. The first-order chi connectivity index (χ1) is 9.87. The molecule has 0 radical (unpaired) electrons. The Morgan fingerprint density at radius 2 is 1.52 bits per heavy atom. The van der Waals surface area contributed by atoms with Crippen molar-refractivity contribution in [2.45, 2.75) is 18.4 Å². The molecule has 0 amide bonds. The Balaban J connectivity index is 2.15. The second kappa shape index (κ2) is 6.28. The molecule has 0 atom stereocenters. The van der Waals surface area contributed by atoms with Gasteiger partial charge in [0, 0.05) is 12.2 Å². The van der Waals surface area contributed by atoms with Crippen LogP contribution in [0.2, 0.25) is 0 Å². The van der Waals surface area contributed by atoms with Gasteiger partial charge in [-0.25, -0.2) is 8.42 Å². The van der Waals surface area contributed by atoms with E-state index in [4.69, 9.17) is 0 Å². The van der Waals surface area contributed by atoms with Gasteiger partial charge in [0.15, 0.2) is 0 Å². The average molecular weight is 304 g/mol. The van der Waals surface area contributed by atoms with Gasteiger partial charge in [0.05, 0.1) is 4.90 Å². The van der Waals surface area contributed by atoms with Gasteiger partial charge in [0.1, 0.15) is 0 Å². The SMILES string of the molecule is Cc1ccc(S(=O)(=O)Nc2ccc(CN(C)C)cc2)cc1. The van der Waals surface area contributed by atoms with Crippen molar-refractivity contribution in [1.82, 2.24) is 4.90 Å². The Kier molecular flexibility index (Phi) is 4.65. The van der Waals surface area contributed by atoms with Gasteiger partial charge in [-0.2, -0.15) is 0 Å². The summed E-state index contributed by atoms with van der Waals surface area (Å²) in [5.41, 5.74) is 2.73. The predicted octanol–water partition coefficient (Wildman–Crippen LogP) is 2.86. The fourth-order valence-corrected chi connectivity index (χ4v) is 3.03. The summed E-state index contributed by atoms with van der Waals surface area (Å²) in [6, 6.07) is 14.2. The van der Waals surface area contributed by atoms with Crippen LogP contribution in [0.5, 0.6) is 0 Å². The summed E-state index contributed by atoms with van der Waals surface area (Å²) in [6.07, 6.45) is 0. The molecule has 112 valence electrons. The van der Waals surface area contributed by atoms with Crippen LogP contribution in [-0.4, -0.2) is 27.4 Å². The fourth-order valence-electron chi connectivity index (χ4n) is 1.97. The van der Waals surface area contributed by atoms with E-state index in [0.717, 1.165) is 17.7 Å². The summed E-state index contributed by atoms with van der Waals surface area (Å²) >= 11 is 0. The lowest BCUT2D eigenvalue weighted by Gasteiger charge is -2.11. The van der Waals surface area contributed by atoms with Crippen LogP contribution in [0.1, 0.15) is 11.1 Å². The standard InChI is InChI=1S/C16H20N2O2S/c1-13-4-10-16(11-5-13)21(19,20)17-15-8-6-14(7-9-15)12-18(2)3/h4-11,17H,12H2,1-3H3. The van der Waals surface area contributed by atoms with Crippen molar-refractivity contribution in [3.63, 3.8) is 0 Å². The van der Waals surface area contributed by atoms with E-state index in [9.17, 15) is 8.42 Å². The molecular weight excluding hydrogens is 284 g/mol. The molecule has 4 nitrogen and oxygen atoms in total. The quantitative estimate of drug-likeness (QED) is 0.924. The molecule has 0 saturated heterocycles. The Bertz CT molecular complexity index is 690. The summed E-state index contributed by atoms with van der Waals surface area (Å²) in [5.74, 6) is 0. The fraction of sp³-hybridized carbons (Fsp3) is 0.250. The third-order valence-corrected chi connectivity index (χ3v) is 4.43. The van der Waals surface area contributed by atoms with Crippen LogP contribution in [-0.2, 0) is 16.6 Å². The second-order valence-corrected chi connectivity index (χ2v) is 7.04.